The van der Waals surface area contributed by atoms with E-state index in [0.717, 1.165) is 18.8 Å². The lowest BCUT2D eigenvalue weighted by Gasteiger charge is -2.25. The number of benzene rings is 2. The van der Waals surface area contributed by atoms with Gasteiger partial charge >= 0.3 is 0 Å². The van der Waals surface area contributed by atoms with E-state index < -0.39 is 0 Å². The van der Waals surface area contributed by atoms with Crippen molar-refractivity contribution in [2.45, 2.75) is 65.2 Å². The van der Waals surface area contributed by atoms with Gasteiger partial charge in [-0.15, -0.1) is 0 Å². The Morgan fingerprint density at radius 2 is 1.43 bits per heavy atom. The Bertz CT molecular complexity index is 672. The molecule has 3 heteroatoms. The first-order chi connectivity index (χ1) is 13.7. The van der Waals surface area contributed by atoms with Gasteiger partial charge < -0.3 is 10.2 Å². The summed E-state index contributed by atoms with van der Waals surface area (Å²) in [6, 6.07) is 17.7. The minimum atomic E-state index is -0.0600. The molecule has 2 rings (SSSR count). The first-order valence-electron chi connectivity index (χ1n) is 11.0. The van der Waals surface area contributed by atoms with Crippen LogP contribution in [0.3, 0.4) is 0 Å². The number of rotatable bonds is 13. The summed E-state index contributed by atoms with van der Waals surface area (Å²) in [5.74, 6) is -0.0600. The van der Waals surface area contributed by atoms with Crippen LogP contribution in [0.25, 0.3) is 0 Å². The van der Waals surface area contributed by atoms with Crippen LogP contribution in [-0.2, 0) is 0 Å². The van der Waals surface area contributed by atoms with Gasteiger partial charge in [0.1, 0.15) is 0 Å². The van der Waals surface area contributed by atoms with Crippen molar-refractivity contribution >= 4 is 17.3 Å². The van der Waals surface area contributed by atoms with Crippen LogP contribution in [0.15, 0.2) is 54.6 Å². The van der Waals surface area contributed by atoms with Crippen LogP contribution in [0.4, 0.5) is 11.4 Å². The highest BCUT2D eigenvalue weighted by atomic mass is 16.1. The van der Waals surface area contributed by atoms with E-state index in [4.69, 9.17) is 0 Å². The van der Waals surface area contributed by atoms with Gasteiger partial charge in [0.25, 0.3) is 5.91 Å². The molecular weight excluding hydrogens is 344 g/mol. The number of amides is 1. The number of unbranched alkanes of at least 4 members (excludes halogenated alkanes) is 6. The number of carbonyl (C=O) groups excluding carboxylic acids is 1. The van der Waals surface area contributed by atoms with E-state index >= 15 is 0 Å². The lowest BCUT2D eigenvalue weighted by Crippen LogP contribution is -2.26. The molecule has 0 fully saturated rings. The number of hydrogen-bond donors (Lipinski definition) is 1. The van der Waals surface area contributed by atoms with Gasteiger partial charge in [0.05, 0.1) is 0 Å². The summed E-state index contributed by atoms with van der Waals surface area (Å²) in [5.41, 5.74) is 2.75. The van der Waals surface area contributed by atoms with Crippen LogP contribution >= 0.6 is 0 Å². The molecule has 1 N–H and O–H groups in total. The van der Waals surface area contributed by atoms with Crippen molar-refractivity contribution in [3.05, 3.63) is 60.2 Å². The number of hydrogen-bond acceptors (Lipinski definition) is 2. The molecule has 1 amide bonds. The normalized spacial score (nSPS) is 10.6. The summed E-state index contributed by atoms with van der Waals surface area (Å²) in [6.45, 7) is 6.67. The predicted molar refractivity (Wildman–Crippen MR) is 121 cm³/mol. The molecule has 0 heterocycles. The summed E-state index contributed by atoms with van der Waals surface area (Å²) in [4.78, 5) is 14.9. The van der Waals surface area contributed by atoms with Gasteiger partial charge in [-0.05, 0) is 43.2 Å². The van der Waals surface area contributed by atoms with Gasteiger partial charge in [0.2, 0.25) is 0 Å². The topological polar surface area (TPSA) is 32.3 Å². The van der Waals surface area contributed by atoms with Crippen LogP contribution in [0.5, 0.6) is 0 Å². The SMILES string of the molecule is CCCCCCN(CCCCCC)c1cccc(NC(=O)c2ccccc2)c1. The third kappa shape index (κ3) is 7.75. The van der Waals surface area contributed by atoms with Crippen LogP contribution in [0, 0.1) is 0 Å². The second-order valence-corrected chi connectivity index (χ2v) is 7.48. The molecule has 0 aliphatic heterocycles. The van der Waals surface area contributed by atoms with Crippen molar-refractivity contribution in [2.24, 2.45) is 0 Å². The minimum Gasteiger partial charge on any atom is -0.371 e. The highest BCUT2D eigenvalue weighted by Gasteiger charge is 2.09. The molecule has 152 valence electrons. The van der Waals surface area contributed by atoms with Crippen LogP contribution in [0.2, 0.25) is 0 Å². The van der Waals surface area contributed by atoms with E-state index in [0.29, 0.717) is 5.56 Å². The zero-order valence-corrected chi connectivity index (χ0v) is 17.6. The molecule has 2 aromatic rings. The summed E-state index contributed by atoms with van der Waals surface area (Å²) < 4.78 is 0. The van der Waals surface area contributed by atoms with Crippen LogP contribution in [-0.4, -0.2) is 19.0 Å². The maximum atomic E-state index is 12.5. The third-order valence-electron chi connectivity index (χ3n) is 5.07. The molecule has 0 aromatic heterocycles. The van der Waals surface area contributed by atoms with Crippen molar-refractivity contribution in [1.82, 2.24) is 0 Å². The lowest BCUT2D eigenvalue weighted by molar-refractivity contribution is 0.102. The molecule has 0 aliphatic rings. The van der Waals surface area contributed by atoms with Crippen molar-refractivity contribution in [3.63, 3.8) is 0 Å². The van der Waals surface area contributed by atoms with E-state index in [1.165, 1.54) is 57.1 Å². The second-order valence-electron chi connectivity index (χ2n) is 7.48. The van der Waals surface area contributed by atoms with Gasteiger partial charge in [-0.25, -0.2) is 0 Å². The highest BCUT2D eigenvalue weighted by molar-refractivity contribution is 6.04. The summed E-state index contributed by atoms with van der Waals surface area (Å²) >= 11 is 0. The van der Waals surface area contributed by atoms with Crippen LogP contribution < -0.4 is 10.2 Å². The van der Waals surface area contributed by atoms with Crippen molar-refractivity contribution < 1.29 is 4.79 Å². The smallest absolute Gasteiger partial charge is 0.255 e. The van der Waals surface area contributed by atoms with Crippen molar-refractivity contribution in [3.8, 4) is 0 Å². The largest absolute Gasteiger partial charge is 0.371 e. The summed E-state index contributed by atoms with van der Waals surface area (Å²) in [7, 11) is 0. The van der Waals surface area contributed by atoms with E-state index in [9.17, 15) is 4.79 Å². The molecule has 0 radical (unpaired) electrons. The van der Waals surface area contributed by atoms with E-state index in [1.807, 2.05) is 42.5 Å². The van der Waals surface area contributed by atoms with E-state index in [2.05, 4.69) is 36.2 Å². The summed E-state index contributed by atoms with van der Waals surface area (Å²) in [5, 5.41) is 3.04. The Hall–Kier alpha value is -2.29. The van der Waals surface area contributed by atoms with Gasteiger partial charge in [0, 0.05) is 30.0 Å². The zero-order chi connectivity index (χ0) is 20.0. The first kappa shape index (κ1) is 22.0. The van der Waals surface area contributed by atoms with Crippen LogP contribution in [0.1, 0.15) is 75.6 Å². The molecule has 0 aliphatic carbocycles. The van der Waals surface area contributed by atoms with Gasteiger partial charge in [-0.2, -0.15) is 0 Å². The third-order valence-corrected chi connectivity index (χ3v) is 5.07. The molecular formula is C25H36N2O. The molecule has 0 spiro atoms. The molecule has 0 atom stereocenters. The average molecular weight is 381 g/mol. The summed E-state index contributed by atoms with van der Waals surface area (Å²) in [6.07, 6.45) is 10.1. The Labute approximate surface area is 171 Å². The number of nitrogens with one attached hydrogen (secondary N) is 1. The fraction of sp³-hybridized carbons (Fsp3) is 0.480. The lowest BCUT2D eigenvalue weighted by atomic mass is 10.1. The molecule has 2 aromatic carbocycles. The second kappa shape index (κ2) is 13.0. The maximum Gasteiger partial charge on any atom is 0.255 e. The minimum absolute atomic E-state index is 0.0600. The highest BCUT2D eigenvalue weighted by Crippen LogP contribution is 2.22. The predicted octanol–water partition coefficient (Wildman–Crippen LogP) is 6.91. The fourth-order valence-corrected chi connectivity index (χ4v) is 3.40. The fourth-order valence-electron chi connectivity index (χ4n) is 3.40. The first-order valence-corrected chi connectivity index (χ1v) is 11.0. The quantitative estimate of drug-likeness (QED) is 0.383. The zero-order valence-electron chi connectivity index (χ0n) is 17.6. The van der Waals surface area contributed by atoms with Gasteiger partial charge in [-0.1, -0.05) is 76.6 Å². The van der Waals surface area contributed by atoms with Gasteiger partial charge in [-0.3, -0.25) is 4.79 Å². The molecule has 0 unspecified atom stereocenters. The number of carbonyl (C=O) groups is 1. The molecule has 0 saturated heterocycles. The Kier molecular flexibility index (Phi) is 10.2. The van der Waals surface area contributed by atoms with E-state index in [1.54, 1.807) is 0 Å². The Morgan fingerprint density at radius 3 is 2.04 bits per heavy atom. The molecule has 3 nitrogen and oxygen atoms in total. The molecule has 28 heavy (non-hydrogen) atoms. The van der Waals surface area contributed by atoms with Crippen molar-refractivity contribution in [1.29, 1.82) is 0 Å². The standard InChI is InChI=1S/C25H36N2O/c1-3-5-7-12-19-27(20-13-8-6-4-2)24-18-14-17-23(21-24)26-25(28)22-15-10-9-11-16-22/h9-11,14-18,21H,3-8,12-13,19-20H2,1-2H3,(H,26,28). The molecule has 0 saturated carbocycles. The number of anilines is 2. The Morgan fingerprint density at radius 1 is 0.786 bits per heavy atom. The average Bonchev–Trinajstić information content (AvgIpc) is 2.73. The van der Waals surface area contributed by atoms with Gasteiger partial charge in [0.15, 0.2) is 0 Å². The van der Waals surface area contributed by atoms with Crippen molar-refractivity contribution in [2.75, 3.05) is 23.3 Å². The maximum absolute atomic E-state index is 12.5. The Balaban J connectivity index is 2.02. The molecule has 0 bridgehead atoms. The monoisotopic (exact) mass is 380 g/mol. The number of nitrogens with zero attached hydrogens (tertiary/aromatic N) is 1. The van der Waals surface area contributed by atoms with E-state index in [-0.39, 0.29) is 5.91 Å².